The zero-order chi connectivity index (χ0) is 18.0. The van der Waals surface area contributed by atoms with Crippen LogP contribution in [-0.4, -0.2) is 40.1 Å². The standard InChI is InChI=1S/C18H22ClN3O3/c1-11-9-15(19)6-7-16(11)24-12(2)18(23)22-8-4-5-14(10-22)17-20-13(3)21-25-17/h6-7,9,12,14H,4-5,8,10H2,1-3H3. The lowest BCUT2D eigenvalue weighted by atomic mass is 9.97. The number of carbonyl (C=O) groups is 1. The van der Waals surface area contributed by atoms with Gasteiger partial charge in [-0.3, -0.25) is 4.79 Å². The normalized spacial score (nSPS) is 18.9. The Kier molecular flexibility index (Phi) is 5.27. The zero-order valence-electron chi connectivity index (χ0n) is 14.7. The van der Waals surface area contributed by atoms with E-state index in [1.807, 2.05) is 17.9 Å². The second kappa shape index (κ2) is 7.44. The number of aryl methyl sites for hydroxylation is 2. The van der Waals surface area contributed by atoms with Gasteiger partial charge < -0.3 is 14.2 Å². The number of benzene rings is 1. The van der Waals surface area contributed by atoms with Crippen LogP contribution in [0.2, 0.25) is 5.02 Å². The van der Waals surface area contributed by atoms with Gasteiger partial charge in [-0.05, 0) is 57.4 Å². The van der Waals surface area contributed by atoms with E-state index in [2.05, 4.69) is 10.1 Å². The molecule has 7 heteroatoms. The lowest BCUT2D eigenvalue weighted by Crippen LogP contribution is -2.45. The largest absolute Gasteiger partial charge is 0.481 e. The molecular formula is C18H22ClN3O3. The van der Waals surface area contributed by atoms with E-state index in [0.29, 0.717) is 29.0 Å². The van der Waals surface area contributed by atoms with Gasteiger partial charge in [-0.1, -0.05) is 16.8 Å². The molecule has 1 amide bonds. The van der Waals surface area contributed by atoms with Crippen molar-refractivity contribution in [2.75, 3.05) is 13.1 Å². The monoisotopic (exact) mass is 363 g/mol. The lowest BCUT2D eigenvalue weighted by molar-refractivity contribution is -0.139. The van der Waals surface area contributed by atoms with E-state index < -0.39 is 6.10 Å². The molecule has 1 saturated heterocycles. The van der Waals surface area contributed by atoms with Gasteiger partial charge in [0.25, 0.3) is 5.91 Å². The smallest absolute Gasteiger partial charge is 0.263 e. The molecule has 2 atom stereocenters. The van der Waals surface area contributed by atoms with E-state index in [0.717, 1.165) is 24.9 Å². The van der Waals surface area contributed by atoms with Crippen molar-refractivity contribution in [3.05, 3.63) is 40.5 Å². The van der Waals surface area contributed by atoms with Crippen LogP contribution in [0, 0.1) is 13.8 Å². The molecule has 0 aliphatic carbocycles. The Bertz CT molecular complexity index is 762. The number of aromatic nitrogens is 2. The Morgan fingerprint density at radius 2 is 2.24 bits per heavy atom. The van der Waals surface area contributed by atoms with Crippen molar-refractivity contribution in [2.45, 2.75) is 45.6 Å². The molecule has 0 spiro atoms. The van der Waals surface area contributed by atoms with Gasteiger partial charge in [0.15, 0.2) is 11.9 Å². The van der Waals surface area contributed by atoms with Gasteiger partial charge in [-0.25, -0.2) is 0 Å². The second-order valence-corrected chi connectivity index (χ2v) is 6.91. The summed E-state index contributed by atoms with van der Waals surface area (Å²) < 4.78 is 11.1. The average molecular weight is 364 g/mol. The van der Waals surface area contributed by atoms with Gasteiger partial charge in [0.05, 0.1) is 5.92 Å². The van der Waals surface area contributed by atoms with E-state index in [1.54, 1.807) is 26.0 Å². The maximum Gasteiger partial charge on any atom is 0.263 e. The van der Waals surface area contributed by atoms with Crippen molar-refractivity contribution in [1.29, 1.82) is 0 Å². The van der Waals surface area contributed by atoms with Crippen LogP contribution >= 0.6 is 11.6 Å². The molecule has 1 fully saturated rings. The van der Waals surface area contributed by atoms with Crippen LogP contribution in [-0.2, 0) is 4.79 Å². The number of nitrogens with zero attached hydrogens (tertiary/aromatic N) is 3. The van der Waals surface area contributed by atoms with Crippen molar-refractivity contribution >= 4 is 17.5 Å². The van der Waals surface area contributed by atoms with Crippen molar-refractivity contribution in [3.8, 4) is 5.75 Å². The van der Waals surface area contributed by atoms with Crippen LogP contribution in [0.4, 0.5) is 0 Å². The third-order valence-corrected chi connectivity index (χ3v) is 4.65. The Morgan fingerprint density at radius 3 is 2.92 bits per heavy atom. The third-order valence-electron chi connectivity index (χ3n) is 4.41. The van der Waals surface area contributed by atoms with Gasteiger partial charge in [-0.15, -0.1) is 0 Å². The maximum absolute atomic E-state index is 12.8. The van der Waals surface area contributed by atoms with Crippen LogP contribution in [0.1, 0.15) is 43.0 Å². The van der Waals surface area contributed by atoms with Crippen LogP contribution in [0.3, 0.4) is 0 Å². The number of ether oxygens (including phenoxy) is 1. The average Bonchev–Trinajstić information content (AvgIpc) is 3.03. The maximum atomic E-state index is 12.8. The van der Waals surface area contributed by atoms with E-state index in [4.69, 9.17) is 20.9 Å². The first-order valence-corrected chi connectivity index (χ1v) is 8.83. The predicted molar refractivity (Wildman–Crippen MR) is 93.9 cm³/mol. The van der Waals surface area contributed by atoms with Gasteiger partial charge in [0, 0.05) is 18.1 Å². The molecule has 0 bridgehead atoms. The van der Waals surface area contributed by atoms with Crippen molar-refractivity contribution in [3.63, 3.8) is 0 Å². The minimum atomic E-state index is -0.567. The number of rotatable bonds is 4. The molecule has 1 aromatic heterocycles. The molecular weight excluding hydrogens is 342 g/mol. The Hall–Kier alpha value is -2.08. The van der Waals surface area contributed by atoms with Gasteiger partial charge in [0.1, 0.15) is 5.75 Å². The minimum absolute atomic E-state index is 0.0321. The highest BCUT2D eigenvalue weighted by Crippen LogP contribution is 2.27. The number of amides is 1. The molecule has 2 unspecified atom stereocenters. The summed E-state index contributed by atoms with van der Waals surface area (Å²) in [6.45, 7) is 6.77. The van der Waals surface area contributed by atoms with Gasteiger partial charge in [-0.2, -0.15) is 4.98 Å². The van der Waals surface area contributed by atoms with E-state index >= 15 is 0 Å². The molecule has 1 aliphatic rings. The van der Waals surface area contributed by atoms with E-state index in [9.17, 15) is 4.79 Å². The third kappa shape index (κ3) is 4.12. The lowest BCUT2D eigenvalue weighted by Gasteiger charge is -2.32. The first-order chi connectivity index (χ1) is 11.9. The van der Waals surface area contributed by atoms with Crippen molar-refractivity contribution in [2.24, 2.45) is 0 Å². The SMILES string of the molecule is Cc1noc(C2CCCN(C(=O)C(C)Oc3ccc(Cl)cc3C)C2)n1. The molecule has 6 nitrogen and oxygen atoms in total. The molecule has 25 heavy (non-hydrogen) atoms. The summed E-state index contributed by atoms with van der Waals surface area (Å²) in [7, 11) is 0. The summed E-state index contributed by atoms with van der Waals surface area (Å²) in [5.41, 5.74) is 0.907. The van der Waals surface area contributed by atoms with E-state index in [1.165, 1.54) is 0 Å². The Labute approximate surface area is 152 Å². The Morgan fingerprint density at radius 1 is 1.44 bits per heavy atom. The molecule has 3 rings (SSSR count). The highest BCUT2D eigenvalue weighted by atomic mass is 35.5. The van der Waals surface area contributed by atoms with Gasteiger partial charge >= 0.3 is 0 Å². The molecule has 1 aromatic carbocycles. The molecule has 2 heterocycles. The first-order valence-electron chi connectivity index (χ1n) is 8.46. The topological polar surface area (TPSA) is 68.5 Å². The minimum Gasteiger partial charge on any atom is -0.481 e. The van der Waals surface area contributed by atoms with Crippen LogP contribution in [0.15, 0.2) is 22.7 Å². The summed E-state index contributed by atoms with van der Waals surface area (Å²) in [6, 6.07) is 5.38. The molecule has 1 aliphatic heterocycles. The second-order valence-electron chi connectivity index (χ2n) is 6.47. The zero-order valence-corrected chi connectivity index (χ0v) is 15.4. The molecule has 0 saturated carbocycles. The highest BCUT2D eigenvalue weighted by molar-refractivity contribution is 6.30. The molecule has 2 aromatic rings. The summed E-state index contributed by atoms with van der Waals surface area (Å²) in [5.74, 6) is 1.95. The number of hydrogen-bond acceptors (Lipinski definition) is 5. The fourth-order valence-electron chi connectivity index (χ4n) is 3.10. The molecule has 0 N–H and O–H groups in total. The summed E-state index contributed by atoms with van der Waals surface area (Å²) in [4.78, 5) is 18.9. The summed E-state index contributed by atoms with van der Waals surface area (Å²) in [6.07, 6.45) is 1.28. The van der Waals surface area contributed by atoms with Crippen LogP contribution in [0.25, 0.3) is 0 Å². The summed E-state index contributed by atoms with van der Waals surface area (Å²) in [5, 5.41) is 4.49. The van der Waals surface area contributed by atoms with E-state index in [-0.39, 0.29) is 11.8 Å². The van der Waals surface area contributed by atoms with Crippen molar-refractivity contribution < 1.29 is 14.1 Å². The quantitative estimate of drug-likeness (QED) is 0.831. The number of piperidine rings is 1. The number of hydrogen-bond donors (Lipinski definition) is 0. The van der Waals surface area contributed by atoms with Crippen LogP contribution in [0.5, 0.6) is 5.75 Å². The predicted octanol–water partition coefficient (Wildman–Crippen LogP) is 3.51. The fourth-order valence-corrected chi connectivity index (χ4v) is 3.33. The first kappa shape index (κ1) is 17.7. The fraction of sp³-hybridized carbons (Fsp3) is 0.500. The number of halogens is 1. The van der Waals surface area contributed by atoms with Crippen LogP contribution < -0.4 is 4.74 Å². The number of carbonyl (C=O) groups excluding carboxylic acids is 1. The van der Waals surface area contributed by atoms with Crippen molar-refractivity contribution in [1.82, 2.24) is 15.0 Å². The Balaban J connectivity index is 1.65. The van der Waals surface area contributed by atoms with Gasteiger partial charge in [0.2, 0.25) is 5.89 Å². The summed E-state index contributed by atoms with van der Waals surface area (Å²) >= 11 is 5.96. The molecule has 134 valence electrons. The number of likely N-dealkylation sites (tertiary alicyclic amines) is 1. The highest BCUT2D eigenvalue weighted by Gasteiger charge is 2.31. The molecule has 0 radical (unpaired) electrons.